The summed E-state index contributed by atoms with van der Waals surface area (Å²) in [5, 5.41) is 15.3. The highest BCUT2D eigenvalue weighted by Gasteiger charge is 2.17. The SMILES string of the molecule is C[C@H](c1cccnc1)N(C)Cc1cn[nH]c1C(=O)O. The maximum atomic E-state index is 11.0. The summed E-state index contributed by atoms with van der Waals surface area (Å²) in [6.45, 7) is 2.56. The summed E-state index contributed by atoms with van der Waals surface area (Å²) in [4.78, 5) is 17.1. The zero-order valence-electron chi connectivity index (χ0n) is 10.9. The molecule has 0 saturated heterocycles. The molecule has 19 heavy (non-hydrogen) atoms. The highest BCUT2D eigenvalue weighted by atomic mass is 16.4. The van der Waals surface area contributed by atoms with E-state index in [-0.39, 0.29) is 11.7 Å². The molecular weight excluding hydrogens is 244 g/mol. The van der Waals surface area contributed by atoms with E-state index in [1.165, 1.54) is 0 Å². The van der Waals surface area contributed by atoms with Crippen molar-refractivity contribution in [3.63, 3.8) is 0 Å². The first-order valence-corrected chi connectivity index (χ1v) is 5.95. The van der Waals surface area contributed by atoms with Crippen molar-refractivity contribution in [2.75, 3.05) is 7.05 Å². The molecule has 1 atom stereocenters. The molecule has 0 fully saturated rings. The number of nitrogens with one attached hydrogen (secondary N) is 1. The minimum absolute atomic E-state index is 0.144. The van der Waals surface area contributed by atoms with E-state index in [1.807, 2.05) is 30.3 Å². The Labute approximate surface area is 111 Å². The van der Waals surface area contributed by atoms with E-state index in [2.05, 4.69) is 22.1 Å². The summed E-state index contributed by atoms with van der Waals surface area (Å²) in [5.41, 5.74) is 1.90. The van der Waals surface area contributed by atoms with Crippen LogP contribution in [-0.2, 0) is 6.54 Å². The van der Waals surface area contributed by atoms with Gasteiger partial charge in [0.15, 0.2) is 0 Å². The Morgan fingerprint density at radius 1 is 1.53 bits per heavy atom. The number of H-pyrrole nitrogens is 1. The maximum absolute atomic E-state index is 11.0. The smallest absolute Gasteiger partial charge is 0.354 e. The summed E-state index contributed by atoms with van der Waals surface area (Å²) in [7, 11) is 1.94. The summed E-state index contributed by atoms with van der Waals surface area (Å²) in [6, 6.07) is 4.03. The van der Waals surface area contributed by atoms with Crippen LogP contribution in [0, 0.1) is 0 Å². The predicted octanol–water partition coefficient (Wildman–Crippen LogP) is 1.70. The summed E-state index contributed by atoms with van der Waals surface area (Å²) >= 11 is 0. The van der Waals surface area contributed by atoms with Crippen molar-refractivity contribution in [2.45, 2.75) is 19.5 Å². The Kier molecular flexibility index (Phi) is 3.91. The zero-order valence-corrected chi connectivity index (χ0v) is 10.9. The third kappa shape index (κ3) is 2.97. The molecule has 2 heterocycles. The zero-order chi connectivity index (χ0) is 13.8. The second-order valence-corrected chi connectivity index (χ2v) is 4.45. The lowest BCUT2D eigenvalue weighted by atomic mass is 10.1. The normalized spacial score (nSPS) is 12.6. The van der Waals surface area contributed by atoms with Crippen LogP contribution in [-0.4, -0.2) is 38.2 Å². The van der Waals surface area contributed by atoms with Crippen LogP contribution >= 0.6 is 0 Å². The highest BCUT2D eigenvalue weighted by molar-refractivity contribution is 5.86. The minimum Gasteiger partial charge on any atom is -0.477 e. The molecule has 0 saturated carbocycles. The van der Waals surface area contributed by atoms with Crippen molar-refractivity contribution in [3.05, 3.63) is 47.5 Å². The molecule has 6 heteroatoms. The average molecular weight is 260 g/mol. The van der Waals surface area contributed by atoms with Crippen LogP contribution in [0.15, 0.2) is 30.7 Å². The molecule has 0 aliphatic heterocycles. The fraction of sp³-hybridized carbons (Fsp3) is 0.308. The molecule has 0 radical (unpaired) electrons. The molecule has 0 aliphatic carbocycles. The predicted molar refractivity (Wildman–Crippen MR) is 69.7 cm³/mol. The molecule has 0 unspecified atom stereocenters. The second kappa shape index (κ2) is 5.62. The highest BCUT2D eigenvalue weighted by Crippen LogP contribution is 2.20. The van der Waals surface area contributed by atoms with Crippen molar-refractivity contribution in [2.24, 2.45) is 0 Å². The van der Waals surface area contributed by atoms with Gasteiger partial charge >= 0.3 is 5.97 Å². The van der Waals surface area contributed by atoms with Crippen LogP contribution in [0.4, 0.5) is 0 Å². The fourth-order valence-corrected chi connectivity index (χ4v) is 1.90. The van der Waals surface area contributed by atoms with Gasteiger partial charge in [-0.25, -0.2) is 4.79 Å². The van der Waals surface area contributed by atoms with E-state index in [0.717, 1.165) is 5.56 Å². The fourth-order valence-electron chi connectivity index (χ4n) is 1.90. The third-order valence-electron chi connectivity index (χ3n) is 3.18. The molecule has 0 aliphatic rings. The van der Waals surface area contributed by atoms with E-state index in [1.54, 1.807) is 12.4 Å². The van der Waals surface area contributed by atoms with E-state index < -0.39 is 5.97 Å². The summed E-state index contributed by atoms with van der Waals surface area (Å²) < 4.78 is 0. The first kappa shape index (κ1) is 13.2. The van der Waals surface area contributed by atoms with Gasteiger partial charge < -0.3 is 5.11 Å². The number of hydrogen-bond acceptors (Lipinski definition) is 4. The van der Waals surface area contributed by atoms with E-state index in [0.29, 0.717) is 12.1 Å². The van der Waals surface area contributed by atoms with Crippen molar-refractivity contribution < 1.29 is 9.90 Å². The van der Waals surface area contributed by atoms with Gasteiger partial charge in [0.25, 0.3) is 0 Å². The Balaban J connectivity index is 2.11. The summed E-state index contributed by atoms with van der Waals surface area (Å²) in [5.74, 6) is -0.991. The van der Waals surface area contributed by atoms with Crippen LogP contribution in [0.5, 0.6) is 0 Å². The van der Waals surface area contributed by atoms with Gasteiger partial charge in [-0.15, -0.1) is 0 Å². The molecule has 0 aromatic carbocycles. The van der Waals surface area contributed by atoms with E-state index >= 15 is 0 Å². The molecule has 6 nitrogen and oxygen atoms in total. The van der Waals surface area contributed by atoms with Gasteiger partial charge in [0, 0.05) is 30.5 Å². The first-order valence-electron chi connectivity index (χ1n) is 5.95. The largest absolute Gasteiger partial charge is 0.477 e. The Morgan fingerprint density at radius 3 is 2.95 bits per heavy atom. The van der Waals surface area contributed by atoms with Gasteiger partial charge in [-0.1, -0.05) is 6.07 Å². The molecule has 2 N–H and O–H groups in total. The molecule has 2 rings (SSSR count). The minimum atomic E-state index is -0.991. The Bertz CT molecular complexity index is 553. The number of carboxylic acid groups (broad SMARTS) is 1. The Hall–Kier alpha value is -2.21. The molecule has 0 amide bonds. The number of aromatic amines is 1. The number of rotatable bonds is 5. The van der Waals surface area contributed by atoms with Crippen molar-refractivity contribution >= 4 is 5.97 Å². The van der Waals surface area contributed by atoms with E-state index in [4.69, 9.17) is 5.11 Å². The average Bonchev–Trinajstić information content (AvgIpc) is 2.87. The monoisotopic (exact) mass is 260 g/mol. The lowest BCUT2D eigenvalue weighted by Crippen LogP contribution is -2.22. The number of hydrogen-bond donors (Lipinski definition) is 2. The van der Waals surface area contributed by atoms with Gasteiger partial charge in [0.1, 0.15) is 5.69 Å². The van der Waals surface area contributed by atoms with Crippen LogP contribution in [0.3, 0.4) is 0 Å². The van der Waals surface area contributed by atoms with Crippen LogP contribution in [0.2, 0.25) is 0 Å². The Morgan fingerprint density at radius 2 is 2.32 bits per heavy atom. The molecule has 2 aromatic heterocycles. The first-order chi connectivity index (χ1) is 9.09. The van der Waals surface area contributed by atoms with Gasteiger partial charge in [-0.2, -0.15) is 5.10 Å². The molecule has 2 aromatic rings. The van der Waals surface area contributed by atoms with Crippen LogP contribution < -0.4 is 0 Å². The van der Waals surface area contributed by atoms with Crippen molar-refractivity contribution in [1.82, 2.24) is 20.1 Å². The number of carboxylic acids is 1. The number of pyridine rings is 1. The number of aromatic nitrogens is 3. The molecular formula is C13H16N4O2. The number of aromatic carboxylic acids is 1. The van der Waals surface area contributed by atoms with Gasteiger partial charge in [-0.3, -0.25) is 15.0 Å². The molecule has 0 bridgehead atoms. The number of carbonyl (C=O) groups is 1. The van der Waals surface area contributed by atoms with E-state index in [9.17, 15) is 4.79 Å². The van der Waals surface area contributed by atoms with Gasteiger partial charge in [-0.05, 0) is 25.6 Å². The lowest BCUT2D eigenvalue weighted by molar-refractivity contribution is 0.0688. The topological polar surface area (TPSA) is 82.1 Å². The van der Waals surface area contributed by atoms with Crippen molar-refractivity contribution in [1.29, 1.82) is 0 Å². The third-order valence-corrected chi connectivity index (χ3v) is 3.18. The maximum Gasteiger partial charge on any atom is 0.354 e. The van der Waals surface area contributed by atoms with Crippen LogP contribution in [0.25, 0.3) is 0 Å². The summed E-state index contributed by atoms with van der Waals surface area (Å²) in [6.07, 6.45) is 5.10. The van der Waals surface area contributed by atoms with Crippen molar-refractivity contribution in [3.8, 4) is 0 Å². The van der Waals surface area contributed by atoms with Crippen LogP contribution in [0.1, 0.15) is 34.6 Å². The lowest BCUT2D eigenvalue weighted by Gasteiger charge is -2.24. The molecule has 100 valence electrons. The van der Waals surface area contributed by atoms with Gasteiger partial charge in [0.05, 0.1) is 6.20 Å². The van der Waals surface area contributed by atoms with Gasteiger partial charge in [0.2, 0.25) is 0 Å². The second-order valence-electron chi connectivity index (χ2n) is 4.45. The number of nitrogens with zero attached hydrogens (tertiary/aromatic N) is 3. The molecule has 0 spiro atoms. The quantitative estimate of drug-likeness (QED) is 0.855. The standard InChI is InChI=1S/C13H16N4O2/c1-9(10-4-3-5-14-6-10)17(2)8-11-7-15-16-12(11)13(18)19/h3-7,9H,8H2,1-2H3,(H,15,16)(H,18,19)/t9-/m1/s1.